The van der Waals surface area contributed by atoms with E-state index in [9.17, 15) is 9.59 Å². The molecule has 0 radical (unpaired) electrons. The molecule has 152 valence electrons. The fraction of sp³-hybridized carbons (Fsp3) is 0.435. The van der Waals surface area contributed by atoms with Gasteiger partial charge in [0.1, 0.15) is 0 Å². The van der Waals surface area contributed by atoms with Crippen molar-refractivity contribution in [2.75, 3.05) is 25.6 Å². The summed E-state index contributed by atoms with van der Waals surface area (Å²) >= 11 is 0. The molecule has 1 aliphatic heterocycles. The number of benzene rings is 1. The summed E-state index contributed by atoms with van der Waals surface area (Å²) in [7, 11) is 1.64. The summed E-state index contributed by atoms with van der Waals surface area (Å²) in [5, 5.41) is 3.04. The Morgan fingerprint density at radius 2 is 2.00 bits per heavy atom. The lowest BCUT2D eigenvalue weighted by Gasteiger charge is -2.53. The number of hydrogen-bond acceptors (Lipinski definition) is 4. The van der Waals surface area contributed by atoms with Crippen LogP contribution in [0.3, 0.4) is 0 Å². The fourth-order valence-corrected chi connectivity index (χ4v) is 5.00. The Morgan fingerprint density at radius 3 is 2.72 bits per heavy atom. The first-order valence-electron chi connectivity index (χ1n) is 10.3. The molecule has 6 heteroatoms. The topological polar surface area (TPSA) is 71.5 Å². The minimum absolute atomic E-state index is 0.00461. The molecule has 1 aromatic carbocycles. The summed E-state index contributed by atoms with van der Waals surface area (Å²) in [4.78, 5) is 33.1. The average molecular weight is 393 g/mol. The molecule has 2 aliphatic rings. The van der Waals surface area contributed by atoms with Crippen molar-refractivity contribution in [1.82, 2.24) is 9.88 Å². The van der Waals surface area contributed by atoms with E-state index in [-0.39, 0.29) is 11.8 Å². The molecule has 1 fully saturated rings. The maximum absolute atomic E-state index is 13.6. The van der Waals surface area contributed by atoms with Crippen LogP contribution in [0.1, 0.15) is 53.9 Å². The molecule has 1 spiro atoms. The van der Waals surface area contributed by atoms with Gasteiger partial charge >= 0.3 is 0 Å². The highest BCUT2D eigenvalue weighted by molar-refractivity contribution is 6.05. The maximum Gasteiger partial charge on any atom is 0.254 e. The van der Waals surface area contributed by atoms with Crippen molar-refractivity contribution in [3.8, 4) is 0 Å². The van der Waals surface area contributed by atoms with Gasteiger partial charge in [-0.15, -0.1) is 0 Å². The van der Waals surface area contributed by atoms with Crippen LogP contribution in [0.15, 0.2) is 48.8 Å². The van der Waals surface area contributed by atoms with Crippen molar-refractivity contribution < 1.29 is 14.3 Å². The second-order valence-electron chi connectivity index (χ2n) is 7.87. The van der Waals surface area contributed by atoms with Crippen molar-refractivity contribution >= 4 is 17.5 Å². The second-order valence-corrected chi connectivity index (χ2v) is 7.87. The molecule has 1 atom stereocenters. The van der Waals surface area contributed by atoms with Crippen LogP contribution in [0.25, 0.3) is 0 Å². The van der Waals surface area contributed by atoms with E-state index in [2.05, 4.69) is 10.3 Å². The van der Waals surface area contributed by atoms with E-state index in [1.165, 1.54) is 0 Å². The normalized spacial score (nSPS) is 20.4. The van der Waals surface area contributed by atoms with Crippen LogP contribution in [-0.2, 0) is 9.53 Å². The third kappa shape index (κ3) is 3.53. The number of carbonyl (C=O) groups is 2. The molecule has 2 amide bonds. The lowest BCUT2D eigenvalue weighted by atomic mass is 9.65. The van der Waals surface area contributed by atoms with Gasteiger partial charge in [0.2, 0.25) is 5.91 Å². The molecule has 1 saturated carbocycles. The van der Waals surface area contributed by atoms with Crippen molar-refractivity contribution in [1.29, 1.82) is 0 Å². The Balaban J connectivity index is 1.80. The van der Waals surface area contributed by atoms with Crippen molar-refractivity contribution in [2.45, 2.75) is 43.6 Å². The van der Waals surface area contributed by atoms with Crippen molar-refractivity contribution in [3.05, 3.63) is 59.9 Å². The number of fused-ring (bicyclic) bond motifs is 1. The number of rotatable bonds is 5. The third-order valence-electron chi connectivity index (χ3n) is 6.25. The Kier molecular flexibility index (Phi) is 5.62. The van der Waals surface area contributed by atoms with E-state index < -0.39 is 11.5 Å². The van der Waals surface area contributed by atoms with Crippen LogP contribution in [0.4, 0.5) is 5.69 Å². The number of amides is 2. The van der Waals surface area contributed by atoms with Gasteiger partial charge < -0.3 is 15.0 Å². The summed E-state index contributed by atoms with van der Waals surface area (Å²) in [6.45, 7) is 0.937. The molecule has 1 aromatic heterocycles. The summed E-state index contributed by atoms with van der Waals surface area (Å²) in [5.41, 5.74) is 1.59. The molecule has 1 N–H and O–H groups in total. The van der Waals surface area contributed by atoms with Crippen LogP contribution < -0.4 is 5.32 Å². The Hall–Kier alpha value is -2.73. The number of hydrogen-bond donors (Lipinski definition) is 1. The van der Waals surface area contributed by atoms with E-state index in [0.29, 0.717) is 24.4 Å². The number of ether oxygens (including phenoxy) is 1. The summed E-state index contributed by atoms with van der Waals surface area (Å²) < 4.78 is 5.30. The minimum Gasteiger partial charge on any atom is -0.383 e. The number of aromatic nitrogens is 1. The predicted molar refractivity (Wildman–Crippen MR) is 111 cm³/mol. The highest BCUT2D eigenvalue weighted by Crippen LogP contribution is 2.49. The number of methoxy groups -OCH3 is 1. The maximum atomic E-state index is 13.6. The van der Waals surface area contributed by atoms with Crippen LogP contribution in [0, 0.1) is 0 Å². The van der Waals surface area contributed by atoms with Crippen molar-refractivity contribution in [2.24, 2.45) is 0 Å². The monoisotopic (exact) mass is 393 g/mol. The molecular formula is C23H27N3O3. The molecule has 2 aromatic rings. The van der Waals surface area contributed by atoms with E-state index in [0.717, 1.165) is 37.7 Å². The predicted octanol–water partition coefficient (Wildman–Crippen LogP) is 3.61. The molecule has 6 nitrogen and oxygen atoms in total. The van der Waals surface area contributed by atoms with Gasteiger partial charge in [-0.25, -0.2) is 0 Å². The molecule has 4 rings (SSSR count). The second kappa shape index (κ2) is 8.33. The first-order chi connectivity index (χ1) is 14.2. The number of nitrogens with one attached hydrogen (secondary N) is 1. The van der Waals surface area contributed by atoms with Gasteiger partial charge in [0.05, 0.1) is 29.9 Å². The van der Waals surface area contributed by atoms with Gasteiger partial charge in [-0.3, -0.25) is 14.6 Å². The molecule has 0 saturated heterocycles. The first kappa shape index (κ1) is 19.6. The number of carbonyl (C=O) groups excluding carboxylic acids is 2. The smallest absolute Gasteiger partial charge is 0.254 e. The van der Waals surface area contributed by atoms with Crippen LogP contribution in [0.2, 0.25) is 0 Å². The Morgan fingerprint density at radius 1 is 1.21 bits per heavy atom. The number of nitrogens with zero attached hydrogens (tertiary/aromatic N) is 2. The fourth-order valence-electron chi connectivity index (χ4n) is 5.00. The summed E-state index contributed by atoms with van der Waals surface area (Å²) in [5.74, 6) is -0.499. The van der Waals surface area contributed by atoms with Gasteiger partial charge in [0.25, 0.3) is 5.91 Å². The number of anilines is 1. The van der Waals surface area contributed by atoms with Gasteiger partial charge in [0.15, 0.2) is 0 Å². The summed E-state index contributed by atoms with van der Waals surface area (Å²) in [6.07, 6.45) is 8.12. The third-order valence-corrected chi connectivity index (χ3v) is 6.25. The van der Waals surface area contributed by atoms with Crippen LogP contribution in [0.5, 0.6) is 0 Å². The minimum atomic E-state index is -0.519. The standard InChI is InChI=1S/C23H27N3O3/c1-29-15-14-26-22(28)19-10-4-3-9-18(19)20(23(26)11-5-2-6-12-23)21(27)25-17-8-7-13-24-16-17/h3-4,7-10,13,16,20H,2,5-6,11-12,14-15H2,1H3,(H,25,27)/t20-/m1/s1. The van der Waals surface area contributed by atoms with E-state index >= 15 is 0 Å². The molecule has 0 bridgehead atoms. The highest BCUT2D eigenvalue weighted by Gasteiger charge is 2.54. The van der Waals surface area contributed by atoms with Crippen LogP contribution in [-0.4, -0.2) is 47.5 Å². The Labute approximate surface area is 171 Å². The van der Waals surface area contributed by atoms with Crippen LogP contribution >= 0.6 is 0 Å². The zero-order valence-corrected chi connectivity index (χ0v) is 16.8. The Bertz CT molecular complexity index is 878. The molecule has 0 unspecified atom stereocenters. The zero-order chi connectivity index (χ0) is 20.3. The van der Waals surface area contributed by atoms with Crippen molar-refractivity contribution in [3.63, 3.8) is 0 Å². The van der Waals surface area contributed by atoms with E-state index in [4.69, 9.17) is 4.74 Å². The molecule has 1 aliphatic carbocycles. The summed E-state index contributed by atoms with van der Waals surface area (Å²) in [6, 6.07) is 11.2. The van der Waals surface area contributed by atoms with E-state index in [1.54, 1.807) is 25.6 Å². The average Bonchev–Trinajstić information content (AvgIpc) is 2.75. The molecule has 29 heavy (non-hydrogen) atoms. The largest absolute Gasteiger partial charge is 0.383 e. The van der Waals surface area contributed by atoms with E-state index in [1.807, 2.05) is 35.2 Å². The first-order valence-corrected chi connectivity index (χ1v) is 10.3. The lowest BCUT2D eigenvalue weighted by molar-refractivity contribution is -0.122. The van der Waals surface area contributed by atoms with Gasteiger partial charge in [0, 0.05) is 25.4 Å². The van der Waals surface area contributed by atoms with Gasteiger partial charge in [-0.05, 0) is 36.6 Å². The molecular weight excluding hydrogens is 366 g/mol. The zero-order valence-electron chi connectivity index (χ0n) is 16.8. The highest BCUT2D eigenvalue weighted by atomic mass is 16.5. The lowest BCUT2D eigenvalue weighted by Crippen LogP contribution is -2.62. The quantitative estimate of drug-likeness (QED) is 0.842. The van der Waals surface area contributed by atoms with Gasteiger partial charge in [-0.1, -0.05) is 37.5 Å². The van der Waals surface area contributed by atoms with Gasteiger partial charge in [-0.2, -0.15) is 0 Å². The number of pyridine rings is 1. The SMILES string of the molecule is COCCN1C(=O)c2ccccc2[C@H](C(=O)Nc2cccnc2)C12CCCCC2. The molecule has 2 heterocycles.